The number of hydrogen-bond acceptors (Lipinski definition) is 5. The Morgan fingerprint density at radius 3 is 2.50 bits per heavy atom. The minimum atomic E-state index is -0.765. The molecule has 0 aliphatic carbocycles. The van der Waals surface area contributed by atoms with Crippen LogP contribution in [0.2, 0.25) is 5.02 Å². The number of aryl methyl sites for hydroxylation is 1. The monoisotopic (exact) mass is 372 g/mol. The van der Waals surface area contributed by atoms with E-state index in [1.54, 1.807) is 56.3 Å². The lowest BCUT2D eigenvalue weighted by molar-refractivity contribution is -0.147. The van der Waals surface area contributed by atoms with Gasteiger partial charge in [-0.2, -0.15) is 0 Å². The third-order valence-electron chi connectivity index (χ3n) is 4.02. The van der Waals surface area contributed by atoms with E-state index in [9.17, 15) is 9.59 Å². The van der Waals surface area contributed by atoms with Gasteiger partial charge in [0.1, 0.15) is 17.1 Å². The maximum absolute atomic E-state index is 12.9. The second-order valence-electron chi connectivity index (χ2n) is 5.81. The summed E-state index contributed by atoms with van der Waals surface area (Å²) in [6.07, 6.45) is -0.765. The molecule has 5 nitrogen and oxygen atoms in total. The lowest BCUT2D eigenvalue weighted by Crippen LogP contribution is -2.24. The van der Waals surface area contributed by atoms with Crippen LogP contribution >= 0.6 is 11.6 Å². The molecule has 0 unspecified atom stereocenters. The molecular weight excluding hydrogens is 356 g/mol. The van der Waals surface area contributed by atoms with Crippen molar-refractivity contribution in [3.8, 4) is 16.9 Å². The van der Waals surface area contributed by atoms with Gasteiger partial charge in [0.2, 0.25) is 5.43 Å². The molecule has 6 heteroatoms. The molecule has 1 heterocycles. The molecule has 2 aromatic carbocycles. The molecule has 0 radical (unpaired) electrons. The summed E-state index contributed by atoms with van der Waals surface area (Å²) in [6, 6.07) is 11.9. The molecule has 0 N–H and O–H groups in total. The van der Waals surface area contributed by atoms with E-state index in [2.05, 4.69) is 4.74 Å². The first-order valence-corrected chi connectivity index (χ1v) is 8.36. The van der Waals surface area contributed by atoms with E-state index in [-0.39, 0.29) is 5.43 Å². The molecule has 0 aliphatic heterocycles. The van der Waals surface area contributed by atoms with Gasteiger partial charge in [-0.1, -0.05) is 23.7 Å². The number of hydrogen-bond donors (Lipinski definition) is 0. The van der Waals surface area contributed by atoms with Crippen molar-refractivity contribution in [3.05, 3.63) is 63.5 Å². The predicted molar refractivity (Wildman–Crippen MR) is 99.8 cm³/mol. The van der Waals surface area contributed by atoms with E-state index < -0.39 is 12.1 Å². The Morgan fingerprint density at radius 2 is 1.85 bits per heavy atom. The van der Waals surface area contributed by atoms with Gasteiger partial charge in [-0.05, 0) is 43.7 Å². The van der Waals surface area contributed by atoms with Gasteiger partial charge < -0.3 is 13.9 Å². The standard InChI is InChI=1S/C20H17ClO5/c1-11-18(13-4-6-14(21)7-5-13)19(22)16-9-8-15(10-17(16)26-11)25-12(2)20(23)24-3/h4-10,12H,1-3H3/t12-/m0/s1. The summed E-state index contributed by atoms with van der Waals surface area (Å²) in [7, 11) is 1.29. The molecule has 0 fully saturated rings. The number of halogens is 1. The number of carbonyl (C=O) groups is 1. The zero-order chi connectivity index (χ0) is 18.8. The van der Waals surface area contributed by atoms with Gasteiger partial charge in [-0.3, -0.25) is 4.79 Å². The van der Waals surface area contributed by atoms with Crippen molar-refractivity contribution >= 4 is 28.5 Å². The number of methoxy groups -OCH3 is 1. The Bertz CT molecular complexity index is 1020. The van der Waals surface area contributed by atoms with Gasteiger partial charge >= 0.3 is 5.97 Å². The van der Waals surface area contributed by atoms with Crippen LogP contribution in [-0.4, -0.2) is 19.2 Å². The molecule has 3 rings (SSSR count). The summed E-state index contributed by atoms with van der Waals surface area (Å²) >= 11 is 5.92. The maximum atomic E-state index is 12.9. The SMILES string of the molecule is COC(=O)[C@H](C)Oc1ccc2c(=O)c(-c3ccc(Cl)cc3)c(C)oc2c1. The highest BCUT2D eigenvalue weighted by molar-refractivity contribution is 6.30. The van der Waals surface area contributed by atoms with Crippen molar-refractivity contribution in [2.75, 3.05) is 7.11 Å². The van der Waals surface area contributed by atoms with Crippen molar-refractivity contribution in [2.45, 2.75) is 20.0 Å². The van der Waals surface area contributed by atoms with Crippen molar-refractivity contribution < 1.29 is 18.7 Å². The molecule has 0 bridgehead atoms. The lowest BCUT2D eigenvalue weighted by atomic mass is 10.0. The quantitative estimate of drug-likeness (QED) is 0.636. The van der Waals surface area contributed by atoms with Crippen molar-refractivity contribution in [1.82, 2.24) is 0 Å². The maximum Gasteiger partial charge on any atom is 0.346 e. The van der Waals surface area contributed by atoms with Gasteiger partial charge in [0.25, 0.3) is 0 Å². The first kappa shape index (κ1) is 18.0. The largest absolute Gasteiger partial charge is 0.479 e. The third-order valence-corrected chi connectivity index (χ3v) is 4.27. The van der Waals surface area contributed by atoms with Crippen molar-refractivity contribution in [1.29, 1.82) is 0 Å². The Balaban J connectivity index is 2.05. The van der Waals surface area contributed by atoms with E-state index in [0.29, 0.717) is 33.1 Å². The fraction of sp³-hybridized carbons (Fsp3) is 0.200. The van der Waals surface area contributed by atoms with Gasteiger partial charge in [0, 0.05) is 11.1 Å². The molecule has 0 saturated carbocycles. The zero-order valence-electron chi connectivity index (χ0n) is 14.5. The van der Waals surface area contributed by atoms with Crippen LogP contribution in [0.3, 0.4) is 0 Å². The third kappa shape index (κ3) is 3.44. The van der Waals surface area contributed by atoms with Crippen LogP contribution in [0.25, 0.3) is 22.1 Å². The van der Waals surface area contributed by atoms with Crippen LogP contribution < -0.4 is 10.2 Å². The minimum absolute atomic E-state index is 0.140. The van der Waals surface area contributed by atoms with Crippen LogP contribution in [-0.2, 0) is 9.53 Å². The minimum Gasteiger partial charge on any atom is -0.479 e. The number of ether oxygens (including phenoxy) is 2. The number of fused-ring (bicyclic) bond motifs is 1. The fourth-order valence-electron chi connectivity index (χ4n) is 2.73. The van der Waals surface area contributed by atoms with Crippen LogP contribution in [0.1, 0.15) is 12.7 Å². The second kappa shape index (κ2) is 7.22. The molecule has 26 heavy (non-hydrogen) atoms. The summed E-state index contributed by atoms with van der Waals surface area (Å²) in [5.41, 5.74) is 1.48. The normalized spacial score (nSPS) is 12.0. The molecule has 0 aliphatic rings. The highest BCUT2D eigenvalue weighted by atomic mass is 35.5. The van der Waals surface area contributed by atoms with Crippen molar-refractivity contribution in [2.24, 2.45) is 0 Å². The molecule has 3 aromatic rings. The molecular formula is C20H17ClO5. The average molecular weight is 373 g/mol. The van der Waals surface area contributed by atoms with E-state index in [0.717, 1.165) is 5.56 Å². The van der Waals surface area contributed by atoms with Gasteiger partial charge in [-0.15, -0.1) is 0 Å². The molecule has 0 saturated heterocycles. The summed E-state index contributed by atoms with van der Waals surface area (Å²) < 4.78 is 16.0. The Hall–Kier alpha value is -2.79. The van der Waals surface area contributed by atoms with E-state index in [4.69, 9.17) is 20.8 Å². The summed E-state index contributed by atoms with van der Waals surface area (Å²) in [6.45, 7) is 3.32. The Labute approximate surface area is 155 Å². The number of carbonyl (C=O) groups excluding carboxylic acids is 1. The Kier molecular flexibility index (Phi) is 5.00. The summed E-state index contributed by atoms with van der Waals surface area (Å²) in [5, 5.41) is 1.02. The highest BCUT2D eigenvalue weighted by Gasteiger charge is 2.17. The molecule has 1 aromatic heterocycles. The molecule has 0 spiro atoms. The Morgan fingerprint density at radius 1 is 1.15 bits per heavy atom. The number of esters is 1. The first-order valence-electron chi connectivity index (χ1n) is 7.98. The molecule has 134 valence electrons. The van der Waals surface area contributed by atoms with Gasteiger partial charge in [0.05, 0.1) is 18.1 Å². The van der Waals surface area contributed by atoms with Gasteiger partial charge in [0.15, 0.2) is 6.10 Å². The van der Waals surface area contributed by atoms with E-state index in [1.165, 1.54) is 7.11 Å². The van der Waals surface area contributed by atoms with Crippen LogP contribution in [0.4, 0.5) is 0 Å². The smallest absolute Gasteiger partial charge is 0.346 e. The highest BCUT2D eigenvalue weighted by Crippen LogP contribution is 2.27. The summed E-state index contributed by atoms with van der Waals surface area (Å²) in [5.74, 6) is 0.418. The zero-order valence-corrected chi connectivity index (χ0v) is 15.3. The van der Waals surface area contributed by atoms with Crippen LogP contribution in [0.15, 0.2) is 51.7 Å². The average Bonchev–Trinajstić information content (AvgIpc) is 2.62. The van der Waals surface area contributed by atoms with Gasteiger partial charge in [-0.25, -0.2) is 4.79 Å². The number of benzene rings is 2. The van der Waals surface area contributed by atoms with E-state index in [1.807, 2.05) is 0 Å². The molecule has 0 amide bonds. The topological polar surface area (TPSA) is 65.7 Å². The second-order valence-corrected chi connectivity index (χ2v) is 6.25. The summed E-state index contributed by atoms with van der Waals surface area (Å²) in [4.78, 5) is 24.4. The van der Waals surface area contributed by atoms with E-state index >= 15 is 0 Å². The number of rotatable bonds is 4. The van der Waals surface area contributed by atoms with Crippen molar-refractivity contribution in [3.63, 3.8) is 0 Å². The van der Waals surface area contributed by atoms with Crippen LogP contribution in [0.5, 0.6) is 5.75 Å². The fourth-order valence-corrected chi connectivity index (χ4v) is 2.85. The van der Waals surface area contributed by atoms with Crippen LogP contribution in [0, 0.1) is 6.92 Å². The first-order chi connectivity index (χ1) is 12.4. The lowest BCUT2D eigenvalue weighted by Gasteiger charge is -2.13. The molecule has 1 atom stereocenters. The predicted octanol–water partition coefficient (Wildman–Crippen LogP) is 4.36.